The molecule has 2 aromatic heterocycles. The summed E-state index contributed by atoms with van der Waals surface area (Å²) in [5.41, 5.74) is 2.28. The maximum absolute atomic E-state index is 4.51. The molecule has 1 aliphatic rings. The van der Waals surface area contributed by atoms with Crippen LogP contribution in [0.1, 0.15) is 38.4 Å². The molecule has 0 aromatic carbocycles. The summed E-state index contributed by atoms with van der Waals surface area (Å²) >= 11 is 1.74. The molecular weight excluding hydrogens is 344 g/mol. The minimum absolute atomic E-state index is 0.559. The van der Waals surface area contributed by atoms with Gasteiger partial charge in [0.1, 0.15) is 12.1 Å². The summed E-state index contributed by atoms with van der Waals surface area (Å²) < 4.78 is 0. The summed E-state index contributed by atoms with van der Waals surface area (Å²) in [6.45, 7) is 11.5. The van der Waals surface area contributed by atoms with Gasteiger partial charge in [-0.05, 0) is 12.8 Å². The fraction of sp³-hybridized carbons (Fsp3) is 0.579. The molecule has 3 rings (SSSR count). The van der Waals surface area contributed by atoms with E-state index < -0.39 is 0 Å². The third-order valence-corrected chi connectivity index (χ3v) is 5.89. The number of thioether (sulfide) groups is 1. The van der Waals surface area contributed by atoms with Crippen molar-refractivity contribution in [3.63, 3.8) is 0 Å². The summed E-state index contributed by atoms with van der Waals surface area (Å²) in [5.74, 6) is 1.05. The Morgan fingerprint density at radius 2 is 1.77 bits per heavy atom. The van der Waals surface area contributed by atoms with E-state index >= 15 is 0 Å². The number of nitrogens with zero attached hydrogens (tertiary/aromatic N) is 6. The normalized spacial score (nSPS) is 16.7. The molecule has 6 nitrogen and oxygen atoms in total. The van der Waals surface area contributed by atoms with Crippen molar-refractivity contribution in [2.45, 2.75) is 50.6 Å². The van der Waals surface area contributed by atoms with Gasteiger partial charge in [0.15, 0.2) is 5.16 Å². The van der Waals surface area contributed by atoms with Gasteiger partial charge in [-0.3, -0.25) is 4.90 Å². The summed E-state index contributed by atoms with van der Waals surface area (Å²) in [7, 11) is 0. The fourth-order valence-corrected chi connectivity index (χ4v) is 3.65. The predicted molar refractivity (Wildman–Crippen MR) is 107 cm³/mol. The first-order valence-corrected chi connectivity index (χ1v) is 10.3. The SMILES string of the molecule is CCc1cc(N2CCN(Cc3cnc(S[C@H](C)CC)nc3)CC2)ncn1. The molecule has 0 amide bonds. The van der Waals surface area contributed by atoms with Crippen LogP contribution >= 0.6 is 11.8 Å². The molecule has 3 heterocycles. The van der Waals surface area contributed by atoms with Gasteiger partial charge >= 0.3 is 0 Å². The smallest absolute Gasteiger partial charge is 0.187 e. The summed E-state index contributed by atoms with van der Waals surface area (Å²) in [6, 6.07) is 2.11. The average Bonchev–Trinajstić information content (AvgIpc) is 2.70. The molecule has 140 valence electrons. The zero-order chi connectivity index (χ0) is 18.4. The number of aromatic nitrogens is 4. The van der Waals surface area contributed by atoms with Crippen molar-refractivity contribution >= 4 is 17.6 Å². The van der Waals surface area contributed by atoms with E-state index in [0.29, 0.717) is 5.25 Å². The number of aryl methyl sites for hydroxylation is 1. The predicted octanol–water partition coefficient (Wildman–Crippen LogP) is 3.04. The zero-order valence-corrected chi connectivity index (χ0v) is 16.7. The van der Waals surface area contributed by atoms with E-state index in [1.165, 1.54) is 5.56 Å². The monoisotopic (exact) mass is 372 g/mol. The highest BCUT2D eigenvalue weighted by Crippen LogP contribution is 2.21. The Morgan fingerprint density at radius 3 is 2.42 bits per heavy atom. The van der Waals surface area contributed by atoms with Gasteiger partial charge in [-0.25, -0.2) is 19.9 Å². The Balaban J connectivity index is 1.50. The molecule has 1 atom stereocenters. The number of hydrogen-bond acceptors (Lipinski definition) is 7. The standard InChI is InChI=1S/C19H28N6S/c1-4-15(3)26-19-20-11-16(12-21-19)13-24-6-8-25(9-7-24)18-10-17(5-2)22-14-23-18/h10-12,14-15H,4-9,13H2,1-3H3/t15-/m1/s1. The van der Waals surface area contributed by atoms with Crippen LogP contribution in [0.25, 0.3) is 0 Å². The third-order valence-electron chi connectivity index (χ3n) is 4.74. The van der Waals surface area contributed by atoms with Crippen LogP contribution in [0.5, 0.6) is 0 Å². The van der Waals surface area contributed by atoms with E-state index in [9.17, 15) is 0 Å². The first-order valence-electron chi connectivity index (χ1n) is 9.43. The van der Waals surface area contributed by atoms with E-state index in [1.54, 1.807) is 18.1 Å². The topological polar surface area (TPSA) is 58.0 Å². The largest absolute Gasteiger partial charge is 0.354 e. The molecule has 0 bridgehead atoms. The second-order valence-corrected chi connectivity index (χ2v) is 8.10. The summed E-state index contributed by atoms with van der Waals surface area (Å²) in [6.07, 6.45) is 7.70. The highest BCUT2D eigenvalue weighted by molar-refractivity contribution is 7.99. The molecule has 1 fully saturated rings. The number of piperazine rings is 1. The average molecular weight is 373 g/mol. The van der Waals surface area contributed by atoms with Gasteiger partial charge in [0, 0.05) is 67.7 Å². The molecule has 0 N–H and O–H groups in total. The molecule has 2 aromatic rings. The number of anilines is 1. The fourth-order valence-electron chi connectivity index (χ4n) is 2.89. The van der Waals surface area contributed by atoms with Crippen molar-refractivity contribution in [2.24, 2.45) is 0 Å². The van der Waals surface area contributed by atoms with Crippen LogP contribution in [-0.4, -0.2) is 56.3 Å². The van der Waals surface area contributed by atoms with Crippen molar-refractivity contribution in [2.75, 3.05) is 31.1 Å². The first-order chi connectivity index (χ1) is 12.7. The highest BCUT2D eigenvalue weighted by atomic mass is 32.2. The Morgan fingerprint density at radius 1 is 1.04 bits per heavy atom. The van der Waals surface area contributed by atoms with Crippen molar-refractivity contribution < 1.29 is 0 Å². The first kappa shape index (κ1) is 19.0. The second kappa shape index (κ2) is 9.28. The van der Waals surface area contributed by atoms with Gasteiger partial charge in [-0.15, -0.1) is 0 Å². The lowest BCUT2D eigenvalue weighted by molar-refractivity contribution is 0.248. The van der Waals surface area contributed by atoms with Gasteiger partial charge in [0.05, 0.1) is 0 Å². The molecular formula is C19H28N6S. The maximum atomic E-state index is 4.51. The highest BCUT2D eigenvalue weighted by Gasteiger charge is 2.18. The molecule has 0 unspecified atom stereocenters. The molecule has 1 aliphatic heterocycles. The Labute approximate surface area is 160 Å². The third kappa shape index (κ3) is 5.14. The molecule has 0 radical (unpaired) electrons. The molecule has 7 heteroatoms. The Kier molecular flexibility index (Phi) is 6.80. The molecule has 26 heavy (non-hydrogen) atoms. The van der Waals surface area contributed by atoms with Crippen molar-refractivity contribution in [1.82, 2.24) is 24.8 Å². The van der Waals surface area contributed by atoms with Gasteiger partial charge in [0.25, 0.3) is 0 Å². The van der Waals surface area contributed by atoms with E-state index in [-0.39, 0.29) is 0 Å². The van der Waals surface area contributed by atoms with Crippen LogP contribution in [-0.2, 0) is 13.0 Å². The van der Waals surface area contributed by atoms with Gasteiger partial charge in [-0.1, -0.05) is 32.5 Å². The quantitative estimate of drug-likeness (QED) is 0.547. The van der Waals surface area contributed by atoms with Crippen molar-refractivity contribution in [3.8, 4) is 0 Å². The van der Waals surface area contributed by atoms with Crippen molar-refractivity contribution in [3.05, 3.63) is 36.0 Å². The second-order valence-electron chi connectivity index (χ2n) is 6.69. The van der Waals surface area contributed by atoms with E-state index in [4.69, 9.17) is 0 Å². The summed E-state index contributed by atoms with van der Waals surface area (Å²) in [5, 5.41) is 1.44. The lowest BCUT2D eigenvalue weighted by Gasteiger charge is -2.35. The van der Waals surface area contributed by atoms with Crippen LogP contribution in [0.15, 0.2) is 29.9 Å². The molecule has 0 aliphatic carbocycles. The molecule has 1 saturated heterocycles. The minimum Gasteiger partial charge on any atom is -0.354 e. The Bertz CT molecular complexity index is 685. The number of hydrogen-bond donors (Lipinski definition) is 0. The van der Waals surface area contributed by atoms with Crippen LogP contribution in [0.2, 0.25) is 0 Å². The molecule has 0 spiro atoms. The van der Waals surface area contributed by atoms with Gasteiger partial charge in [-0.2, -0.15) is 0 Å². The lowest BCUT2D eigenvalue weighted by Crippen LogP contribution is -2.46. The van der Waals surface area contributed by atoms with Gasteiger partial charge < -0.3 is 4.90 Å². The van der Waals surface area contributed by atoms with Crippen LogP contribution in [0.4, 0.5) is 5.82 Å². The minimum atomic E-state index is 0.559. The lowest BCUT2D eigenvalue weighted by atomic mass is 10.2. The summed E-state index contributed by atoms with van der Waals surface area (Å²) in [4.78, 5) is 22.6. The van der Waals surface area contributed by atoms with E-state index in [0.717, 1.165) is 62.2 Å². The van der Waals surface area contributed by atoms with E-state index in [2.05, 4.69) is 56.6 Å². The van der Waals surface area contributed by atoms with Crippen LogP contribution < -0.4 is 4.90 Å². The molecule has 0 saturated carbocycles. The van der Waals surface area contributed by atoms with E-state index in [1.807, 2.05) is 12.4 Å². The van der Waals surface area contributed by atoms with Crippen LogP contribution in [0, 0.1) is 0 Å². The van der Waals surface area contributed by atoms with Gasteiger partial charge in [0.2, 0.25) is 0 Å². The maximum Gasteiger partial charge on any atom is 0.187 e. The van der Waals surface area contributed by atoms with Crippen LogP contribution in [0.3, 0.4) is 0 Å². The zero-order valence-electron chi connectivity index (χ0n) is 15.9. The number of rotatable bonds is 7. The van der Waals surface area contributed by atoms with Crippen molar-refractivity contribution in [1.29, 1.82) is 0 Å². The Hall–Kier alpha value is -1.73.